The fraction of sp³-hybridized carbons (Fsp3) is 0.929. The predicted octanol–water partition coefficient (Wildman–Crippen LogP) is 0.515. The summed E-state index contributed by atoms with van der Waals surface area (Å²) in [5, 5.41) is 3.37. The van der Waals surface area contributed by atoms with Gasteiger partial charge in [0.15, 0.2) is 0 Å². The normalized spacial score (nSPS) is 33.0. The van der Waals surface area contributed by atoms with Gasteiger partial charge in [-0.05, 0) is 32.2 Å². The summed E-state index contributed by atoms with van der Waals surface area (Å²) in [7, 11) is 0.820. The van der Waals surface area contributed by atoms with Gasteiger partial charge in [0.25, 0.3) is 0 Å². The summed E-state index contributed by atoms with van der Waals surface area (Å²) >= 11 is 0. The average Bonchev–Trinajstić information content (AvgIpc) is 2.47. The third-order valence-corrected chi connectivity index (χ3v) is 5.82. The Kier molecular flexibility index (Phi) is 5.57. The van der Waals surface area contributed by atoms with Gasteiger partial charge in [0.05, 0.1) is 7.11 Å². The number of hydrogen-bond acceptors (Lipinski definition) is 5. The highest BCUT2D eigenvalue weighted by Crippen LogP contribution is 2.32. The van der Waals surface area contributed by atoms with Crippen LogP contribution in [0.25, 0.3) is 0 Å². The van der Waals surface area contributed by atoms with Gasteiger partial charge < -0.3 is 10.1 Å². The molecule has 20 heavy (non-hydrogen) atoms. The molecule has 2 rings (SSSR count). The molecule has 2 aliphatic rings. The van der Waals surface area contributed by atoms with E-state index in [-0.39, 0.29) is 5.97 Å². The lowest BCUT2D eigenvalue weighted by atomic mass is 9.78. The first-order chi connectivity index (χ1) is 9.61. The molecule has 0 aromatic heterocycles. The van der Waals surface area contributed by atoms with Crippen LogP contribution in [0.2, 0.25) is 0 Å². The van der Waals surface area contributed by atoms with Gasteiger partial charge in [-0.3, -0.25) is 13.9 Å². The number of carbonyl (C=O) groups is 1. The van der Waals surface area contributed by atoms with Crippen molar-refractivity contribution in [3.05, 3.63) is 0 Å². The predicted molar refractivity (Wildman–Crippen MR) is 80.1 cm³/mol. The Balaban J connectivity index is 2.05. The Morgan fingerprint density at radius 1 is 1.45 bits per heavy atom. The monoisotopic (exact) mass is 302 g/mol. The zero-order chi connectivity index (χ0) is 14.6. The molecule has 6 heteroatoms. The number of rotatable bonds is 4. The second-order valence-corrected chi connectivity index (χ2v) is 7.43. The van der Waals surface area contributed by atoms with Gasteiger partial charge in [0.1, 0.15) is 5.54 Å². The number of nitrogens with one attached hydrogen (secondary N) is 1. The van der Waals surface area contributed by atoms with E-state index in [1.807, 2.05) is 6.92 Å². The lowest BCUT2D eigenvalue weighted by molar-refractivity contribution is -0.151. The third-order valence-electron chi connectivity index (χ3n) is 4.55. The number of esters is 1. The fourth-order valence-corrected chi connectivity index (χ4v) is 4.61. The van der Waals surface area contributed by atoms with Crippen LogP contribution in [0, 0.1) is 0 Å². The van der Waals surface area contributed by atoms with Crippen LogP contribution in [0.1, 0.15) is 32.6 Å². The van der Waals surface area contributed by atoms with Crippen LogP contribution >= 0.6 is 0 Å². The van der Waals surface area contributed by atoms with Crippen LogP contribution in [0.5, 0.6) is 0 Å². The maximum absolute atomic E-state index is 12.2. The van der Waals surface area contributed by atoms with Gasteiger partial charge in [0.2, 0.25) is 0 Å². The standard InChI is InChI=1S/C14H26N2O3S/c1-3-15-14(13(17)19-2)6-4-5-12(11-14)16-7-9-20(18)10-8-16/h12,15H,3-11H2,1-2H3. The second kappa shape index (κ2) is 7.00. The summed E-state index contributed by atoms with van der Waals surface area (Å²) in [5.41, 5.74) is -0.525. The summed E-state index contributed by atoms with van der Waals surface area (Å²) in [6, 6.07) is 0.402. The van der Waals surface area contributed by atoms with Crippen molar-refractivity contribution < 1.29 is 13.7 Å². The average molecular weight is 302 g/mol. The summed E-state index contributed by atoms with van der Waals surface area (Å²) in [6.45, 7) is 4.57. The minimum atomic E-state index is -0.647. The Morgan fingerprint density at radius 2 is 2.15 bits per heavy atom. The topological polar surface area (TPSA) is 58.6 Å². The van der Waals surface area contributed by atoms with E-state index < -0.39 is 16.3 Å². The van der Waals surface area contributed by atoms with Crippen molar-refractivity contribution in [2.75, 3.05) is 38.2 Å². The van der Waals surface area contributed by atoms with Crippen LogP contribution in [-0.4, -0.2) is 64.9 Å². The van der Waals surface area contributed by atoms with E-state index in [0.717, 1.165) is 56.8 Å². The molecule has 116 valence electrons. The Hall–Kier alpha value is -0.460. The van der Waals surface area contributed by atoms with Crippen LogP contribution in [0.3, 0.4) is 0 Å². The lowest BCUT2D eigenvalue weighted by Gasteiger charge is -2.44. The van der Waals surface area contributed by atoms with Gasteiger partial charge in [0, 0.05) is 41.4 Å². The molecule has 5 nitrogen and oxygen atoms in total. The largest absolute Gasteiger partial charge is 0.468 e. The van der Waals surface area contributed by atoms with E-state index in [0.29, 0.717) is 6.04 Å². The number of nitrogens with zero attached hydrogens (tertiary/aromatic N) is 1. The van der Waals surface area contributed by atoms with Crippen molar-refractivity contribution in [1.29, 1.82) is 0 Å². The number of hydrogen-bond donors (Lipinski definition) is 1. The molecule has 1 saturated heterocycles. The quantitative estimate of drug-likeness (QED) is 0.767. The number of methoxy groups -OCH3 is 1. The zero-order valence-electron chi connectivity index (χ0n) is 12.5. The zero-order valence-corrected chi connectivity index (χ0v) is 13.3. The van der Waals surface area contributed by atoms with Crippen molar-refractivity contribution in [3.63, 3.8) is 0 Å². The first-order valence-corrected chi connectivity index (χ1v) is 9.02. The maximum atomic E-state index is 12.2. The highest BCUT2D eigenvalue weighted by Gasteiger charge is 2.44. The molecule has 2 fully saturated rings. The Labute approximate surface area is 123 Å². The van der Waals surface area contributed by atoms with Crippen molar-refractivity contribution in [2.24, 2.45) is 0 Å². The van der Waals surface area contributed by atoms with Gasteiger partial charge in [-0.2, -0.15) is 0 Å². The van der Waals surface area contributed by atoms with E-state index in [9.17, 15) is 9.00 Å². The van der Waals surface area contributed by atoms with E-state index in [1.165, 1.54) is 7.11 Å². The van der Waals surface area contributed by atoms with E-state index in [2.05, 4.69) is 10.2 Å². The molecule has 0 amide bonds. The molecule has 0 aromatic rings. The van der Waals surface area contributed by atoms with Crippen LogP contribution in [-0.2, 0) is 20.3 Å². The van der Waals surface area contributed by atoms with Gasteiger partial charge >= 0.3 is 5.97 Å². The minimum Gasteiger partial charge on any atom is -0.468 e. The molecule has 1 heterocycles. The summed E-state index contributed by atoms with van der Waals surface area (Å²) < 4.78 is 16.5. The van der Waals surface area contributed by atoms with Crippen molar-refractivity contribution in [2.45, 2.75) is 44.2 Å². The van der Waals surface area contributed by atoms with Crippen molar-refractivity contribution in [1.82, 2.24) is 10.2 Å². The van der Waals surface area contributed by atoms with Crippen LogP contribution in [0.4, 0.5) is 0 Å². The SMILES string of the molecule is CCNC1(C(=O)OC)CCCC(N2CCS(=O)CC2)C1. The first kappa shape index (κ1) is 15.9. The van der Waals surface area contributed by atoms with E-state index in [1.54, 1.807) is 0 Å². The van der Waals surface area contributed by atoms with Gasteiger partial charge in [-0.1, -0.05) is 6.92 Å². The number of ether oxygens (including phenoxy) is 1. The van der Waals surface area contributed by atoms with Crippen molar-refractivity contribution >= 4 is 16.8 Å². The molecule has 1 aliphatic carbocycles. The summed E-state index contributed by atoms with van der Waals surface area (Å²) in [4.78, 5) is 14.6. The summed E-state index contributed by atoms with van der Waals surface area (Å²) in [6.07, 6.45) is 3.81. The number of likely N-dealkylation sites (N-methyl/N-ethyl adjacent to an activating group) is 1. The lowest BCUT2D eigenvalue weighted by Crippen LogP contribution is -2.59. The molecule has 1 N–H and O–H groups in total. The highest BCUT2D eigenvalue weighted by molar-refractivity contribution is 7.85. The molecule has 0 radical (unpaired) electrons. The maximum Gasteiger partial charge on any atom is 0.326 e. The molecule has 0 aromatic carbocycles. The molecule has 2 atom stereocenters. The van der Waals surface area contributed by atoms with Crippen molar-refractivity contribution in [3.8, 4) is 0 Å². The first-order valence-electron chi connectivity index (χ1n) is 7.54. The molecule has 0 bridgehead atoms. The van der Waals surface area contributed by atoms with Gasteiger partial charge in [-0.15, -0.1) is 0 Å². The van der Waals surface area contributed by atoms with E-state index in [4.69, 9.17) is 4.74 Å². The summed E-state index contributed by atoms with van der Waals surface area (Å²) in [5.74, 6) is 1.40. The molecule has 1 saturated carbocycles. The Morgan fingerprint density at radius 3 is 2.75 bits per heavy atom. The Bertz CT molecular complexity index is 363. The second-order valence-electron chi connectivity index (χ2n) is 5.74. The minimum absolute atomic E-state index is 0.135. The number of carbonyl (C=O) groups excluding carboxylic acids is 1. The molecular weight excluding hydrogens is 276 g/mol. The molecule has 2 unspecified atom stereocenters. The molecular formula is C14H26N2O3S. The molecule has 1 aliphatic heterocycles. The van der Waals surface area contributed by atoms with Crippen LogP contribution in [0.15, 0.2) is 0 Å². The third kappa shape index (κ3) is 3.40. The smallest absolute Gasteiger partial charge is 0.326 e. The fourth-order valence-electron chi connectivity index (χ4n) is 3.53. The highest BCUT2D eigenvalue weighted by atomic mass is 32.2. The molecule has 0 spiro atoms. The van der Waals surface area contributed by atoms with E-state index >= 15 is 0 Å². The van der Waals surface area contributed by atoms with Crippen LogP contribution < -0.4 is 5.32 Å². The van der Waals surface area contributed by atoms with Gasteiger partial charge in [-0.25, -0.2) is 0 Å².